The van der Waals surface area contributed by atoms with Crippen LogP contribution >= 0.6 is 0 Å². The lowest BCUT2D eigenvalue weighted by atomic mass is 9.97. The van der Waals surface area contributed by atoms with Gasteiger partial charge in [-0.3, -0.25) is 4.57 Å². The zero-order chi connectivity index (χ0) is 37.5. The SMILES string of the molecule is c1ccc(-c2nc3ccccc3n2-c2ccc(-c3cc(-c4nc5ccccc5c5oc6ccccc6c45)cc(-n4c5ccccc5c5ccccc54)c3)cc2)cc1. The second-order valence-corrected chi connectivity index (χ2v) is 14.6. The van der Waals surface area contributed by atoms with Crippen LogP contribution in [0.1, 0.15) is 0 Å². The number of hydrogen-bond acceptors (Lipinski definition) is 3. The monoisotopic (exact) mass is 728 g/mol. The van der Waals surface area contributed by atoms with Crippen LogP contribution in [0.15, 0.2) is 199 Å². The van der Waals surface area contributed by atoms with Gasteiger partial charge in [0.15, 0.2) is 0 Å². The quantitative estimate of drug-likeness (QED) is 0.177. The molecule has 4 heterocycles. The lowest BCUT2D eigenvalue weighted by Crippen LogP contribution is -1.98. The molecule has 8 aromatic carbocycles. The van der Waals surface area contributed by atoms with Crippen molar-refractivity contribution in [2.24, 2.45) is 0 Å². The standard InChI is InChI=1S/C52H32N4O/c1-2-14-34(15-3-1)52-54-44-21-9-12-24-47(44)56(52)37-28-26-33(27-29-37)35-30-36(32-38(31-35)55-45-22-10-5-16-39(45)40-17-6-11-23-46(40)55)50-49-42-19-7-13-25-48(42)57-51(49)41-18-4-8-20-43(41)53-50/h1-32H. The van der Waals surface area contributed by atoms with Crippen molar-refractivity contribution in [1.29, 1.82) is 0 Å². The number of aromatic nitrogens is 4. The Balaban J connectivity index is 1.11. The molecule has 266 valence electrons. The van der Waals surface area contributed by atoms with Crippen molar-refractivity contribution in [3.8, 4) is 45.1 Å². The van der Waals surface area contributed by atoms with Crippen LogP contribution in [0, 0.1) is 0 Å². The Hall–Kier alpha value is -7.76. The minimum absolute atomic E-state index is 0.850. The smallest absolute Gasteiger partial charge is 0.147 e. The highest BCUT2D eigenvalue weighted by Gasteiger charge is 2.21. The molecule has 0 aliphatic heterocycles. The Labute approximate surface area is 327 Å². The maximum atomic E-state index is 6.63. The molecule has 0 N–H and O–H groups in total. The van der Waals surface area contributed by atoms with E-state index >= 15 is 0 Å². The van der Waals surface area contributed by atoms with E-state index < -0.39 is 0 Å². The van der Waals surface area contributed by atoms with E-state index in [1.807, 2.05) is 30.3 Å². The van der Waals surface area contributed by atoms with Gasteiger partial charge >= 0.3 is 0 Å². The Morgan fingerprint density at radius 1 is 0.368 bits per heavy atom. The van der Waals surface area contributed by atoms with Gasteiger partial charge in [0.05, 0.1) is 38.7 Å². The summed E-state index contributed by atoms with van der Waals surface area (Å²) in [5, 5.41) is 5.52. The molecule has 4 aromatic heterocycles. The zero-order valence-electron chi connectivity index (χ0n) is 30.7. The van der Waals surface area contributed by atoms with Crippen LogP contribution in [0.4, 0.5) is 0 Å². The largest absolute Gasteiger partial charge is 0.455 e. The highest BCUT2D eigenvalue weighted by Crippen LogP contribution is 2.42. The van der Waals surface area contributed by atoms with Crippen LogP contribution in [-0.4, -0.2) is 19.1 Å². The Morgan fingerprint density at radius 2 is 0.965 bits per heavy atom. The van der Waals surface area contributed by atoms with E-state index in [1.165, 1.54) is 10.8 Å². The average Bonchev–Trinajstić information content (AvgIpc) is 3.97. The molecule has 0 aliphatic rings. The Kier molecular flexibility index (Phi) is 6.86. The fourth-order valence-electron chi connectivity index (χ4n) is 8.73. The van der Waals surface area contributed by atoms with Gasteiger partial charge in [0.1, 0.15) is 17.0 Å². The molecule has 0 amide bonds. The number of imidazole rings is 1. The van der Waals surface area contributed by atoms with Gasteiger partial charge in [-0.25, -0.2) is 9.97 Å². The number of hydrogen-bond donors (Lipinski definition) is 0. The number of furan rings is 1. The predicted molar refractivity (Wildman–Crippen MR) is 234 cm³/mol. The molecule has 12 rings (SSSR count). The highest BCUT2D eigenvalue weighted by atomic mass is 16.3. The number of benzene rings is 8. The summed E-state index contributed by atoms with van der Waals surface area (Å²) in [6, 6.07) is 68.4. The van der Waals surface area contributed by atoms with Crippen LogP contribution in [-0.2, 0) is 0 Å². The normalized spacial score (nSPS) is 11.9. The number of nitrogens with zero attached hydrogens (tertiary/aromatic N) is 4. The fraction of sp³-hybridized carbons (Fsp3) is 0. The summed E-state index contributed by atoms with van der Waals surface area (Å²) in [6.45, 7) is 0. The van der Waals surface area contributed by atoms with Crippen molar-refractivity contribution in [1.82, 2.24) is 19.1 Å². The molecule has 0 aliphatic carbocycles. The van der Waals surface area contributed by atoms with Crippen molar-refractivity contribution in [3.63, 3.8) is 0 Å². The first-order valence-corrected chi connectivity index (χ1v) is 19.2. The van der Waals surface area contributed by atoms with E-state index in [-0.39, 0.29) is 0 Å². The summed E-state index contributed by atoms with van der Waals surface area (Å²) < 4.78 is 11.3. The molecule has 0 saturated heterocycles. The summed E-state index contributed by atoms with van der Waals surface area (Å²) in [4.78, 5) is 10.5. The van der Waals surface area contributed by atoms with E-state index in [1.54, 1.807) is 0 Å². The van der Waals surface area contributed by atoms with Crippen molar-refractivity contribution in [2.45, 2.75) is 0 Å². The minimum atomic E-state index is 0.850. The van der Waals surface area contributed by atoms with Crippen molar-refractivity contribution in [2.75, 3.05) is 0 Å². The molecule has 57 heavy (non-hydrogen) atoms. The minimum Gasteiger partial charge on any atom is -0.455 e. The van der Waals surface area contributed by atoms with Crippen LogP contribution in [0.5, 0.6) is 0 Å². The lowest BCUT2D eigenvalue weighted by molar-refractivity contribution is 0.672. The second-order valence-electron chi connectivity index (χ2n) is 14.6. The third-order valence-corrected chi connectivity index (χ3v) is 11.3. The van der Waals surface area contributed by atoms with Gasteiger partial charge in [-0.15, -0.1) is 0 Å². The predicted octanol–water partition coefficient (Wildman–Crippen LogP) is 13.6. The summed E-state index contributed by atoms with van der Waals surface area (Å²) in [6.07, 6.45) is 0. The molecular formula is C52H32N4O. The fourth-order valence-corrected chi connectivity index (χ4v) is 8.73. The molecule has 0 bridgehead atoms. The van der Waals surface area contributed by atoms with Crippen molar-refractivity contribution >= 4 is 65.7 Å². The zero-order valence-corrected chi connectivity index (χ0v) is 30.7. The molecule has 12 aromatic rings. The first kappa shape index (κ1) is 31.6. The van der Waals surface area contributed by atoms with Crippen LogP contribution in [0.2, 0.25) is 0 Å². The number of fused-ring (bicyclic) bond motifs is 9. The summed E-state index contributed by atoms with van der Waals surface area (Å²) in [7, 11) is 0. The molecular weight excluding hydrogens is 697 g/mol. The first-order valence-electron chi connectivity index (χ1n) is 19.2. The van der Waals surface area contributed by atoms with E-state index in [9.17, 15) is 0 Å². The molecule has 5 nitrogen and oxygen atoms in total. The topological polar surface area (TPSA) is 48.8 Å². The van der Waals surface area contributed by atoms with E-state index in [4.69, 9.17) is 14.4 Å². The van der Waals surface area contributed by atoms with Gasteiger partial charge in [-0.1, -0.05) is 121 Å². The third-order valence-electron chi connectivity index (χ3n) is 11.3. The number of pyridine rings is 1. The van der Waals surface area contributed by atoms with Gasteiger partial charge < -0.3 is 8.98 Å². The molecule has 0 spiro atoms. The molecule has 0 unspecified atom stereocenters. The number of para-hydroxylation sites is 6. The maximum absolute atomic E-state index is 6.63. The highest BCUT2D eigenvalue weighted by molar-refractivity contribution is 6.19. The third kappa shape index (κ3) is 4.89. The molecule has 0 fully saturated rings. The maximum Gasteiger partial charge on any atom is 0.147 e. The second kappa shape index (κ2) is 12.4. The summed E-state index contributed by atoms with van der Waals surface area (Å²) in [5.74, 6) is 0.916. The first-order chi connectivity index (χ1) is 28.3. The van der Waals surface area contributed by atoms with Gasteiger partial charge in [0.2, 0.25) is 0 Å². The van der Waals surface area contributed by atoms with Crippen LogP contribution in [0.3, 0.4) is 0 Å². The molecule has 0 saturated carbocycles. The van der Waals surface area contributed by atoms with Crippen molar-refractivity contribution in [3.05, 3.63) is 194 Å². The molecule has 5 heteroatoms. The summed E-state index contributed by atoms with van der Waals surface area (Å²) >= 11 is 0. The Morgan fingerprint density at radius 3 is 1.72 bits per heavy atom. The summed E-state index contributed by atoms with van der Waals surface area (Å²) in [5.41, 5.74) is 14.2. The lowest BCUT2D eigenvalue weighted by Gasteiger charge is -2.15. The van der Waals surface area contributed by atoms with E-state index in [0.29, 0.717) is 0 Å². The molecule has 0 radical (unpaired) electrons. The Bertz CT molecular complexity index is 3460. The van der Waals surface area contributed by atoms with E-state index in [0.717, 1.165) is 100 Å². The average molecular weight is 729 g/mol. The van der Waals surface area contributed by atoms with E-state index in [2.05, 4.69) is 173 Å². The number of rotatable bonds is 5. The van der Waals surface area contributed by atoms with Crippen LogP contribution in [0.25, 0.3) is 111 Å². The van der Waals surface area contributed by atoms with Gasteiger partial charge in [0.25, 0.3) is 0 Å². The van der Waals surface area contributed by atoms with Crippen LogP contribution < -0.4 is 0 Å². The van der Waals surface area contributed by atoms with Gasteiger partial charge in [0, 0.05) is 44.0 Å². The molecule has 0 atom stereocenters. The van der Waals surface area contributed by atoms with Crippen molar-refractivity contribution < 1.29 is 4.42 Å². The van der Waals surface area contributed by atoms with Gasteiger partial charge in [-0.2, -0.15) is 0 Å². The van der Waals surface area contributed by atoms with Gasteiger partial charge in [-0.05, 0) is 83.9 Å².